The molecule has 26 heavy (non-hydrogen) atoms. The summed E-state index contributed by atoms with van der Waals surface area (Å²) in [5.74, 6) is 1.61. The van der Waals surface area contributed by atoms with Crippen LogP contribution in [0.3, 0.4) is 0 Å². The van der Waals surface area contributed by atoms with Gasteiger partial charge in [-0.3, -0.25) is 4.79 Å². The van der Waals surface area contributed by atoms with Crippen molar-refractivity contribution in [2.24, 2.45) is 0 Å². The summed E-state index contributed by atoms with van der Waals surface area (Å²) in [6, 6.07) is 3.91. The van der Waals surface area contributed by atoms with Crippen LogP contribution in [0.1, 0.15) is 23.3 Å². The zero-order valence-electron chi connectivity index (χ0n) is 16.1. The van der Waals surface area contributed by atoms with E-state index in [4.69, 9.17) is 14.2 Å². The summed E-state index contributed by atoms with van der Waals surface area (Å²) >= 11 is 0. The van der Waals surface area contributed by atoms with Gasteiger partial charge in [0, 0.05) is 24.5 Å². The normalized spacial score (nSPS) is 15.9. The van der Waals surface area contributed by atoms with E-state index in [-0.39, 0.29) is 11.9 Å². The zero-order valence-corrected chi connectivity index (χ0v) is 16.1. The number of methoxy groups -OCH3 is 3. The van der Waals surface area contributed by atoms with E-state index in [9.17, 15) is 4.79 Å². The number of aromatic amines is 1. The first kappa shape index (κ1) is 18.4. The molecule has 1 saturated heterocycles. The molecule has 1 aliphatic heterocycles. The quantitative estimate of drug-likeness (QED) is 0.886. The van der Waals surface area contributed by atoms with Gasteiger partial charge < -0.3 is 29.0 Å². The van der Waals surface area contributed by atoms with Crippen LogP contribution in [0.25, 0.3) is 10.9 Å². The molecule has 2 aromatic rings. The second-order valence-electron chi connectivity index (χ2n) is 6.74. The predicted octanol–water partition coefficient (Wildman–Crippen LogP) is 2.36. The van der Waals surface area contributed by atoms with Gasteiger partial charge in [-0.25, -0.2) is 0 Å². The molecule has 1 amide bonds. The van der Waals surface area contributed by atoms with Crippen LogP contribution in [0.15, 0.2) is 12.1 Å². The Morgan fingerprint density at radius 2 is 1.77 bits per heavy atom. The molecule has 1 aliphatic rings. The van der Waals surface area contributed by atoms with E-state index < -0.39 is 0 Å². The van der Waals surface area contributed by atoms with Crippen LogP contribution < -0.4 is 14.2 Å². The molecule has 1 aromatic heterocycles. The molecule has 0 radical (unpaired) electrons. The van der Waals surface area contributed by atoms with Crippen molar-refractivity contribution < 1.29 is 19.0 Å². The molecule has 0 bridgehead atoms. The van der Waals surface area contributed by atoms with Gasteiger partial charge in [-0.05, 0) is 39.0 Å². The second kappa shape index (κ2) is 7.45. The van der Waals surface area contributed by atoms with Crippen molar-refractivity contribution >= 4 is 16.8 Å². The van der Waals surface area contributed by atoms with Crippen molar-refractivity contribution in [1.29, 1.82) is 0 Å². The number of nitrogens with one attached hydrogen (secondary N) is 1. The van der Waals surface area contributed by atoms with Gasteiger partial charge in [0.05, 0.1) is 26.8 Å². The Morgan fingerprint density at radius 1 is 1.12 bits per heavy atom. The summed E-state index contributed by atoms with van der Waals surface area (Å²) in [6.07, 6.45) is 1.98. The Morgan fingerprint density at radius 3 is 2.35 bits per heavy atom. The molecule has 0 atom stereocenters. The summed E-state index contributed by atoms with van der Waals surface area (Å²) in [4.78, 5) is 20.3. The fourth-order valence-electron chi connectivity index (χ4n) is 3.60. The third-order valence-electron chi connectivity index (χ3n) is 5.21. The molecular formula is C19H27N3O4. The number of aromatic nitrogens is 1. The summed E-state index contributed by atoms with van der Waals surface area (Å²) in [5, 5.41) is 0.797. The number of rotatable bonds is 5. The second-order valence-corrected chi connectivity index (χ2v) is 6.74. The highest BCUT2D eigenvalue weighted by atomic mass is 16.5. The molecule has 142 valence electrons. The molecular weight excluding hydrogens is 334 g/mol. The number of nitrogens with zero attached hydrogens (tertiary/aromatic N) is 2. The standard InChI is InChI=1S/C19H27N3O4/c1-21-8-6-12(7-9-21)22(2)19(23)15-10-13-14(20-15)11-16(24-3)18(26-5)17(13)25-4/h10-12,20H,6-9H2,1-5H3. The summed E-state index contributed by atoms with van der Waals surface area (Å²) in [6.45, 7) is 2.02. The molecule has 0 spiro atoms. The maximum absolute atomic E-state index is 13.0. The highest BCUT2D eigenvalue weighted by Crippen LogP contribution is 2.43. The molecule has 3 rings (SSSR count). The SMILES string of the molecule is COc1cc2[nH]c(C(=O)N(C)C3CCN(C)CC3)cc2c(OC)c1OC. The summed E-state index contributed by atoms with van der Waals surface area (Å²) in [7, 11) is 8.71. The number of carbonyl (C=O) groups excluding carboxylic acids is 1. The number of hydrogen-bond acceptors (Lipinski definition) is 5. The Kier molecular flexibility index (Phi) is 5.27. The lowest BCUT2D eigenvalue weighted by atomic mass is 10.0. The van der Waals surface area contributed by atoms with Crippen LogP contribution in [0.4, 0.5) is 0 Å². The van der Waals surface area contributed by atoms with Crippen LogP contribution in [-0.4, -0.2) is 75.2 Å². The number of hydrogen-bond donors (Lipinski definition) is 1. The van der Waals surface area contributed by atoms with E-state index in [1.54, 1.807) is 21.3 Å². The zero-order chi connectivity index (χ0) is 18.8. The molecule has 2 heterocycles. The molecule has 0 aliphatic carbocycles. The van der Waals surface area contributed by atoms with Gasteiger partial charge >= 0.3 is 0 Å². The van der Waals surface area contributed by atoms with Gasteiger partial charge in [0.1, 0.15) is 5.69 Å². The maximum atomic E-state index is 13.0. The number of ether oxygens (including phenoxy) is 3. The molecule has 1 aromatic carbocycles. The Bertz CT molecular complexity index is 794. The molecule has 1 fully saturated rings. The number of benzene rings is 1. The van der Waals surface area contributed by atoms with Crippen LogP contribution in [0, 0.1) is 0 Å². The smallest absolute Gasteiger partial charge is 0.270 e. The summed E-state index contributed by atoms with van der Waals surface area (Å²) in [5.41, 5.74) is 1.31. The van der Waals surface area contributed by atoms with Crippen LogP contribution in [-0.2, 0) is 0 Å². The van der Waals surface area contributed by atoms with E-state index in [1.165, 1.54) is 0 Å². The van der Waals surface area contributed by atoms with E-state index >= 15 is 0 Å². The van der Waals surface area contributed by atoms with E-state index in [0.29, 0.717) is 22.9 Å². The average molecular weight is 361 g/mol. The molecule has 0 saturated carbocycles. The average Bonchev–Trinajstić information content (AvgIpc) is 3.09. The van der Waals surface area contributed by atoms with Gasteiger partial charge in [-0.15, -0.1) is 0 Å². The van der Waals surface area contributed by atoms with Crippen molar-refractivity contribution in [2.75, 3.05) is 48.5 Å². The van der Waals surface area contributed by atoms with Crippen molar-refractivity contribution in [1.82, 2.24) is 14.8 Å². The number of likely N-dealkylation sites (tertiary alicyclic amines) is 1. The molecule has 0 unspecified atom stereocenters. The van der Waals surface area contributed by atoms with E-state index in [1.807, 2.05) is 24.1 Å². The number of H-pyrrole nitrogens is 1. The van der Waals surface area contributed by atoms with Crippen LogP contribution in [0.2, 0.25) is 0 Å². The number of piperidine rings is 1. The first-order valence-corrected chi connectivity index (χ1v) is 8.77. The Balaban J connectivity index is 1.94. The van der Waals surface area contributed by atoms with Gasteiger partial charge in [0.2, 0.25) is 5.75 Å². The van der Waals surface area contributed by atoms with Crippen molar-refractivity contribution in [2.45, 2.75) is 18.9 Å². The first-order chi connectivity index (χ1) is 12.5. The molecule has 7 heteroatoms. The summed E-state index contributed by atoms with van der Waals surface area (Å²) < 4.78 is 16.3. The highest BCUT2D eigenvalue weighted by Gasteiger charge is 2.27. The Hall–Kier alpha value is -2.41. The topological polar surface area (TPSA) is 67.0 Å². The Labute approximate surface area is 153 Å². The third-order valence-corrected chi connectivity index (χ3v) is 5.21. The van der Waals surface area contributed by atoms with E-state index in [0.717, 1.165) is 36.8 Å². The van der Waals surface area contributed by atoms with Crippen molar-refractivity contribution in [3.63, 3.8) is 0 Å². The highest BCUT2D eigenvalue weighted by molar-refractivity contribution is 6.01. The van der Waals surface area contributed by atoms with Gasteiger partial charge in [-0.2, -0.15) is 0 Å². The van der Waals surface area contributed by atoms with Crippen LogP contribution in [0.5, 0.6) is 17.2 Å². The minimum atomic E-state index is -0.0178. The van der Waals surface area contributed by atoms with Gasteiger partial charge in [0.25, 0.3) is 5.91 Å². The van der Waals surface area contributed by atoms with Gasteiger partial charge in [-0.1, -0.05) is 0 Å². The number of amides is 1. The minimum absolute atomic E-state index is 0.0178. The van der Waals surface area contributed by atoms with Gasteiger partial charge in [0.15, 0.2) is 11.5 Å². The fraction of sp³-hybridized carbons (Fsp3) is 0.526. The van der Waals surface area contributed by atoms with Crippen molar-refractivity contribution in [3.05, 3.63) is 17.8 Å². The number of carbonyl (C=O) groups is 1. The lowest BCUT2D eigenvalue weighted by Gasteiger charge is -2.34. The first-order valence-electron chi connectivity index (χ1n) is 8.77. The molecule has 7 nitrogen and oxygen atoms in total. The lowest BCUT2D eigenvalue weighted by Crippen LogP contribution is -2.44. The lowest BCUT2D eigenvalue weighted by molar-refractivity contribution is 0.0654. The maximum Gasteiger partial charge on any atom is 0.270 e. The van der Waals surface area contributed by atoms with Crippen molar-refractivity contribution in [3.8, 4) is 17.2 Å². The third kappa shape index (κ3) is 3.19. The van der Waals surface area contributed by atoms with Crippen LogP contribution >= 0.6 is 0 Å². The fourth-order valence-corrected chi connectivity index (χ4v) is 3.60. The minimum Gasteiger partial charge on any atom is -0.493 e. The molecule has 1 N–H and O–H groups in total. The number of fused-ring (bicyclic) bond motifs is 1. The van der Waals surface area contributed by atoms with E-state index in [2.05, 4.69) is 16.9 Å². The monoisotopic (exact) mass is 361 g/mol. The largest absolute Gasteiger partial charge is 0.493 e. The predicted molar refractivity (Wildman–Crippen MR) is 101 cm³/mol.